The Bertz CT molecular complexity index is 393. The zero-order valence-corrected chi connectivity index (χ0v) is 12.1. The van der Waals surface area contributed by atoms with Gasteiger partial charge in [0.25, 0.3) is 0 Å². The van der Waals surface area contributed by atoms with Gasteiger partial charge in [-0.25, -0.2) is 9.18 Å². The van der Waals surface area contributed by atoms with E-state index in [2.05, 4.69) is 10.6 Å². The van der Waals surface area contributed by atoms with Gasteiger partial charge in [0.2, 0.25) is 0 Å². The Hall–Kier alpha value is -1.78. The number of nitrogens with one attached hydrogen (secondary N) is 2. The van der Waals surface area contributed by atoms with E-state index in [0.717, 1.165) is 12.8 Å². The minimum absolute atomic E-state index is 0.127. The Kier molecular flexibility index (Phi) is 7.47. The van der Waals surface area contributed by atoms with Crippen molar-refractivity contribution in [2.75, 3.05) is 19.7 Å². The lowest BCUT2D eigenvalue weighted by atomic mass is 10.2. The number of benzene rings is 1. The normalized spacial score (nSPS) is 10.4. The molecule has 0 unspecified atom stereocenters. The molecule has 20 heavy (non-hydrogen) atoms. The first-order chi connectivity index (χ1) is 9.58. The highest BCUT2D eigenvalue weighted by atomic mass is 19.1. The Morgan fingerprint density at radius 1 is 1.20 bits per heavy atom. The number of ether oxygens (including phenoxy) is 1. The molecule has 0 aliphatic rings. The summed E-state index contributed by atoms with van der Waals surface area (Å²) in [5.74, 6) is 0.841. The fourth-order valence-corrected chi connectivity index (χ4v) is 1.51. The van der Waals surface area contributed by atoms with Crippen molar-refractivity contribution >= 4 is 6.03 Å². The topological polar surface area (TPSA) is 50.4 Å². The first kappa shape index (κ1) is 16.3. The van der Waals surface area contributed by atoms with Crippen LogP contribution in [0.5, 0.6) is 5.75 Å². The van der Waals surface area contributed by atoms with Gasteiger partial charge in [0.05, 0.1) is 6.61 Å². The largest absolute Gasteiger partial charge is 0.494 e. The molecule has 0 radical (unpaired) electrons. The Balaban J connectivity index is 1.99. The number of hydrogen-bond donors (Lipinski definition) is 2. The van der Waals surface area contributed by atoms with Gasteiger partial charge < -0.3 is 15.4 Å². The second-order valence-electron chi connectivity index (χ2n) is 5.04. The highest BCUT2D eigenvalue weighted by Gasteiger charge is 2.00. The lowest BCUT2D eigenvalue weighted by Crippen LogP contribution is -2.37. The van der Waals surface area contributed by atoms with E-state index in [0.29, 0.717) is 31.4 Å². The quantitative estimate of drug-likeness (QED) is 0.720. The summed E-state index contributed by atoms with van der Waals surface area (Å²) in [6, 6.07) is 5.82. The summed E-state index contributed by atoms with van der Waals surface area (Å²) in [6.07, 6.45) is 1.68. The van der Waals surface area contributed by atoms with Crippen LogP contribution in [0.25, 0.3) is 0 Å². The molecule has 0 spiro atoms. The molecule has 0 fully saturated rings. The summed E-state index contributed by atoms with van der Waals surface area (Å²) in [7, 11) is 0. The van der Waals surface area contributed by atoms with Crippen LogP contribution >= 0.6 is 0 Å². The van der Waals surface area contributed by atoms with Crippen molar-refractivity contribution in [2.45, 2.75) is 26.7 Å². The van der Waals surface area contributed by atoms with E-state index >= 15 is 0 Å². The number of amides is 2. The van der Waals surface area contributed by atoms with E-state index in [9.17, 15) is 9.18 Å². The molecule has 0 aliphatic heterocycles. The SMILES string of the molecule is CC(C)CNC(=O)NCCCCOc1ccc(F)cc1. The van der Waals surface area contributed by atoms with E-state index in [1.165, 1.54) is 12.1 Å². The maximum Gasteiger partial charge on any atom is 0.314 e. The maximum absolute atomic E-state index is 12.7. The molecule has 0 bridgehead atoms. The molecule has 1 aromatic carbocycles. The van der Waals surface area contributed by atoms with Crippen LogP contribution in [-0.4, -0.2) is 25.7 Å². The van der Waals surface area contributed by atoms with Gasteiger partial charge in [-0.3, -0.25) is 0 Å². The van der Waals surface area contributed by atoms with E-state index in [1.807, 2.05) is 13.8 Å². The summed E-state index contributed by atoms with van der Waals surface area (Å²) in [4.78, 5) is 11.3. The van der Waals surface area contributed by atoms with Crippen molar-refractivity contribution in [1.82, 2.24) is 10.6 Å². The third-order valence-corrected chi connectivity index (χ3v) is 2.61. The Labute approximate surface area is 119 Å². The van der Waals surface area contributed by atoms with Crippen molar-refractivity contribution < 1.29 is 13.9 Å². The number of unbranched alkanes of at least 4 members (excludes halogenated alkanes) is 1. The van der Waals surface area contributed by atoms with Gasteiger partial charge in [-0.15, -0.1) is 0 Å². The van der Waals surface area contributed by atoms with E-state index < -0.39 is 0 Å². The molecule has 5 heteroatoms. The van der Waals surface area contributed by atoms with Crippen LogP contribution in [0, 0.1) is 11.7 Å². The smallest absolute Gasteiger partial charge is 0.314 e. The molecule has 2 amide bonds. The number of carbonyl (C=O) groups excluding carboxylic acids is 1. The number of rotatable bonds is 8. The third-order valence-electron chi connectivity index (χ3n) is 2.61. The predicted octanol–water partition coefficient (Wildman–Crippen LogP) is 2.94. The van der Waals surface area contributed by atoms with Crippen LogP contribution in [0.1, 0.15) is 26.7 Å². The average molecular weight is 282 g/mol. The molecule has 1 aromatic rings. The molecule has 0 saturated carbocycles. The molecule has 0 heterocycles. The molecule has 4 nitrogen and oxygen atoms in total. The van der Waals surface area contributed by atoms with Gasteiger partial charge in [0.15, 0.2) is 0 Å². The fourth-order valence-electron chi connectivity index (χ4n) is 1.51. The van der Waals surface area contributed by atoms with Crippen molar-refractivity contribution in [1.29, 1.82) is 0 Å². The monoisotopic (exact) mass is 282 g/mol. The predicted molar refractivity (Wildman–Crippen MR) is 77.4 cm³/mol. The number of halogens is 1. The van der Waals surface area contributed by atoms with Crippen molar-refractivity contribution in [3.05, 3.63) is 30.1 Å². The highest BCUT2D eigenvalue weighted by molar-refractivity contribution is 5.73. The zero-order valence-electron chi connectivity index (χ0n) is 12.1. The van der Waals surface area contributed by atoms with Crippen LogP contribution in [-0.2, 0) is 0 Å². The van der Waals surface area contributed by atoms with E-state index in [4.69, 9.17) is 4.74 Å². The lowest BCUT2D eigenvalue weighted by molar-refractivity contribution is 0.238. The molecule has 0 aromatic heterocycles. The van der Waals surface area contributed by atoms with Crippen LogP contribution in [0.3, 0.4) is 0 Å². The molecule has 0 atom stereocenters. The van der Waals surface area contributed by atoms with Gasteiger partial charge in [0, 0.05) is 13.1 Å². The summed E-state index contributed by atoms with van der Waals surface area (Å²) < 4.78 is 18.1. The van der Waals surface area contributed by atoms with Gasteiger partial charge >= 0.3 is 6.03 Å². The second kappa shape index (κ2) is 9.18. The zero-order chi connectivity index (χ0) is 14.8. The van der Waals surface area contributed by atoms with Gasteiger partial charge in [0.1, 0.15) is 11.6 Å². The van der Waals surface area contributed by atoms with Crippen molar-refractivity contribution in [3.63, 3.8) is 0 Å². The van der Waals surface area contributed by atoms with Gasteiger partial charge in [-0.1, -0.05) is 13.8 Å². The average Bonchev–Trinajstić information content (AvgIpc) is 2.42. The van der Waals surface area contributed by atoms with Crippen LogP contribution in [0.15, 0.2) is 24.3 Å². The Morgan fingerprint density at radius 3 is 2.55 bits per heavy atom. The summed E-state index contributed by atoms with van der Waals surface area (Å²) >= 11 is 0. The number of urea groups is 1. The minimum Gasteiger partial charge on any atom is -0.494 e. The second-order valence-corrected chi connectivity index (χ2v) is 5.04. The Morgan fingerprint density at radius 2 is 1.90 bits per heavy atom. The summed E-state index contributed by atoms with van der Waals surface area (Å²) in [6.45, 7) is 5.96. The van der Waals surface area contributed by atoms with Crippen molar-refractivity contribution in [2.24, 2.45) is 5.92 Å². The first-order valence-electron chi connectivity index (χ1n) is 6.98. The molecular weight excluding hydrogens is 259 g/mol. The fraction of sp³-hybridized carbons (Fsp3) is 0.533. The third kappa shape index (κ3) is 7.61. The van der Waals surface area contributed by atoms with E-state index in [-0.39, 0.29) is 11.8 Å². The van der Waals surface area contributed by atoms with Crippen molar-refractivity contribution in [3.8, 4) is 5.75 Å². The molecule has 0 aliphatic carbocycles. The number of hydrogen-bond acceptors (Lipinski definition) is 2. The molecule has 112 valence electrons. The summed E-state index contributed by atoms with van der Waals surface area (Å²) in [5.41, 5.74) is 0. The number of carbonyl (C=O) groups is 1. The minimum atomic E-state index is -0.269. The standard InChI is InChI=1S/C15H23FN2O2/c1-12(2)11-18-15(19)17-9-3-4-10-20-14-7-5-13(16)6-8-14/h5-8,12H,3-4,9-11H2,1-2H3,(H2,17,18,19). The molecule has 1 rings (SSSR count). The van der Waals surface area contributed by atoms with Crippen LogP contribution in [0.2, 0.25) is 0 Å². The van der Waals surface area contributed by atoms with Gasteiger partial charge in [-0.05, 0) is 43.0 Å². The van der Waals surface area contributed by atoms with Gasteiger partial charge in [-0.2, -0.15) is 0 Å². The maximum atomic E-state index is 12.7. The highest BCUT2D eigenvalue weighted by Crippen LogP contribution is 2.11. The lowest BCUT2D eigenvalue weighted by Gasteiger charge is -2.09. The molecule has 2 N–H and O–H groups in total. The molecule has 0 saturated heterocycles. The van der Waals surface area contributed by atoms with E-state index in [1.54, 1.807) is 12.1 Å². The van der Waals surface area contributed by atoms with Crippen LogP contribution < -0.4 is 15.4 Å². The first-order valence-corrected chi connectivity index (χ1v) is 6.98. The molecular formula is C15H23FN2O2. The summed E-state index contributed by atoms with van der Waals surface area (Å²) in [5, 5.41) is 5.58. The van der Waals surface area contributed by atoms with Crippen LogP contribution in [0.4, 0.5) is 9.18 Å².